The number of carbonyl (C=O) groups is 1. The van der Waals surface area contributed by atoms with Gasteiger partial charge in [0.25, 0.3) is 5.91 Å². The zero-order valence-electron chi connectivity index (χ0n) is 13.3. The van der Waals surface area contributed by atoms with Crippen molar-refractivity contribution in [2.24, 2.45) is 0 Å². The minimum atomic E-state index is -0.451. The van der Waals surface area contributed by atoms with Crippen LogP contribution in [0, 0.1) is 12.7 Å². The third-order valence-electron chi connectivity index (χ3n) is 3.44. The van der Waals surface area contributed by atoms with Crippen LogP contribution in [0.15, 0.2) is 36.4 Å². The number of anilines is 1. The number of aryl methyl sites for hydroxylation is 1. The Morgan fingerprint density at radius 1 is 1.30 bits per heavy atom. The van der Waals surface area contributed by atoms with E-state index in [0.717, 1.165) is 22.9 Å². The Kier molecular flexibility index (Phi) is 5.61. The van der Waals surface area contributed by atoms with Gasteiger partial charge in [0.15, 0.2) is 6.61 Å². The number of amides is 1. The Hall–Kier alpha value is -2.07. The number of para-hydroxylation sites is 1. The van der Waals surface area contributed by atoms with E-state index in [1.165, 1.54) is 12.1 Å². The highest BCUT2D eigenvalue weighted by atomic mass is 35.5. The fraction of sp³-hybridized carbons (Fsp3) is 0.278. The van der Waals surface area contributed by atoms with Crippen LogP contribution in [0.4, 0.5) is 10.1 Å². The van der Waals surface area contributed by atoms with Gasteiger partial charge in [-0.2, -0.15) is 0 Å². The minimum Gasteiger partial charge on any atom is -0.482 e. The van der Waals surface area contributed by atoms with Crippen molar-refractivity contribution in [3.8, 4) is 5.75 Å². The number of hydrogen-bond donors (Lipinski definition) is 1. The molecule has 3 nitrogen and oxygen atoms in total. The lowest BCUT2D eigenvalue weighted by atomic mass is 9.98. The Bertz CT molecular complexity index is 716. The van der Waals surface area contributed by atoms with Crippen molar-refractivity contribution in [1.29, 1.82) is 0 Å². The molecule has 5 heteroatoms. The molecule has 0 spiro atoms. The van der Waals surface area contributed by atoms with Crippen LogP contribution in [-0.2, 0) is 4.79 Å². The minimum absolute atomic E-state index is 0.136. The van der Waals surface area contributed by atoms with Gasteiger partial charge in [-0.3, -0.25) is 4.79 Å². The van der Waals surface area contributed by atoms with E-state index in [1.54, 1.807) is 0 Å². The first kappa shape index (κ1) is 17.3. The molecule has 0 fully saturated rings. The monoisotopic (exact) mass is 335 g/mol. The van der Waals surface area contributed by atoms with Crippen LogP contribution in [0.25, 0.3) is 0 Å². The van der Waals surface area contributed by atoms with Crippen molar-refractivity contribution in [1.82, 2.24) is 0 Å². The molecule has 0 aliphatic rings. The number of ether oxygens (including phenoxy) is 1. The number of benzene rings is 2. The van der Waals surface area contributed by atoms with Crippen molar-refractivity contribution in [2.45, 2.75) is 26.7 Å². The fourth-order valence-corrected chi connectivity index (χ4v) is 2.48. The molecule has 0 aliphatic heterocycles. The van der Waals surface area contributed by atoms with Gasteiger partial charge in [-0.15, -0.1) is 0 Å². The Morgan fingerprint density at radius 3 is 2.70 bits per heavy atom. The van der Waals surface area contributed by atoms with Crippen LogP contribution in [0.3, 0.4) is 0 Å². The Balaban J connectivity index is 2.06. The molecule has 0 saturated carbocycles. The molecule has 0 unspecified atom stereocenters. The maximum atomic E-state index is 13.0. The fourth-order valence-electron chi connectivity index (χ4n) is 2.25. The lowest BCUT2D eigenvalue weighted by Crippen LogP contribution is -2.21. The van der Waals surface area contributed by atoms with Gasteiger partial charge in [0, 0.05) is 5.69 Å². The van der Waals surface area contributed by atoms with Crippen LogP contribution >= 0.6 is 11.6 Å². The van der Waals surface area contributed by atoms with Gasteiger partial charge in [-0.05, 0) is 42.2 Å². The molecule has 0 bridgehead atoms. The van der Waals surface area contributed by atoms with Crippen molar-refractivity contribution in [3.05, 3.63) is 58.4 Å². The number of rotatable bonds is 5. The molecule has 2 rings (SSSR count). The third kappa shape index (κ3) is 4.45. The second-order valence-corrected chi connectivity index (χ2v) is 6.01. The average Bonchev–Trinajstić information content (AvgIpc) is 2.48. The largest absolute Gasteiger partial charge is 0.482 e. The van der Waals surface area contributed by atoms with E-state index >= 15 is 0 Å². The third-order valence-corrected chi connectivity index (χ3v) is 3.74. The van der Waals surface area contributed by atoms with Crippen LogP contribution in [-0.4, -0.2) is 12.5 Å². The van der Waals surface area contributed by atoms with E-state index < -0.39 is 5.82 Å². The van der Waals surface area contributed by atoms with Crippen molar-refractivity contribution < 1.29 is 13.9 Å². The SMILES string of the molecule is Cc1cccc(C(C)C)c1NC(=O)COc1ccc(F)cc1Cl. The predicted molar refractivity (Wildman–Crippen MR) is 90.8 cm³/mol. The van der Waals surface area contributed by atoms with E-state index in [-0.39, 0.29) is 29.2 Å². The average molecular weight is 336 g/mol. The molecule has 0 saturated heterocycles. The van der Waals surface area contributed by atoms with E-state index in [9.17, 15) is 9.18 Å². The van der Waals surface area contributed by atoms with Gasteiger partial charge < -0.3 is 10.1 Å². The molecule has 0 aromatic heterocycles. The summed E-state index contributed by atoms with van der Waals surface area (Å²) in [5.74, 6) is -0.176. The van der Waals surface area contributed by atoms with Crippen LogP contribution in [0.1, 0.15) is 30.9 Å². The maximum Gasteiger partial charge on any atom is 0.262 e. The predicted octanol–water partition coefficient (Wildman–Crippen LogP) is 4.93. The molecule has 0 heterocycles. The van der Waals surface area contributed by atoms with E-state index in [4.69, 9.17) is 16.3 Å². The smallest absolute Gasteiger partial charge is 0.262 e. The second-order valence-electron chi connectivity index (χ2n) is 5.61. The van der Waals surface area contributed by atoms with Gasteiger partial charge in [-0.1, -0.05) is 43.6 Å². The molecular formula is C18H19ClFNO2. The number of carbonyl (C=O) groups excluding carboxylic acids is 1. The lowest BCUT2D eigenvalue weighted by Gasteiger charge is -2.16. The van der Waals surface area contributed by atoms with E-state index in [2.05, 4.69) is 19.2 Å². The first-order valence-corrected chi connectivity index (χ1v) is 7.73. The quantitative estimate of drug-likeness (QED) is 0.841. The Morgan fingerprint density at radius 2 is 2.04 bits per heavy atom. The van der Waals surface area contributed by atoms with Crippen LogP contribution < -0.4 is 10.1 Å². The van der Waals surface area contributed by atoms with Gasteiger partial charge in [0.05, 0.1) is 5.02 Å². The van der Waals surface area contributed by atoms with Crippen molar-refractivity contribution in [3.63, 3.8) is 0 Å². The van der Waals surface area contributed by atoms with Gasteiger partial charge in [0.2, 0.25) is 0 Å². The Labute approximate surface area is 140 Å². The summed E-state index contributed by atoms with van der Waals surface area (Å²) in [5.41, 5.74) is 2.86. The van der Waals surface area contributed by atoms with E-state index in [0.29, 0.717) is 0 Å². The maximum absolute atomic E-state index is 13.0. The molecule has 0 aliphatic carbocycles. The van der Waals surface area contributed by atoms with Crippen LogP contribution in [0.2, 0.25) is 5.02 Å². The molecule has 0 atom stereocenters. The van der Waals surface area contributed by atoms with Gasteiger partial charge in [-0.25, -0.2) is 4.39 Å². The van der Waals surface area contributed by atoms with Crippen molar-refractivity contribution >= 4 is 23.2 Å². The molecule has 2 aromatic carbocycles. The number of halogens is 2. The molecule has 2 aromatic rings. The first-order chi connectivity index (χ1) is 10.9. The highest BCUT2D eigenvalue weighted by molar-refractivity contribution is 6.32. The summed E-state index contributed by atoms with van der Waals surface area (Å²) in [7, 11) is 0. The first-order valence-electron chi connectivity index (χ1n) is 7.35. The van der Waals surface area contributed by atoms with Crippen LogP contribution in [0.5, 0.6) is 5.75 Å². The molecule has 122 valence electrons. The summed E-state index contributed by atoms with van der Waals surface area (Å²) in [6, 6.07) is 9.68. The zero-order chi connectivity index (χ0) is 17.0. The van der Waals surface area contributed by atoms with Crippen molar-refractivity contribution in [2.75, 3.05) is 11.9 Å². The number of hydrogen-bond acceptors (Lipinski definition) is 2. The summed E-state index contributed by atoms with van der Waals surface area (Å²) in [6.07, 6.45) is 0. The highest BCUT2D eigenvalue weighted by Gasteiger charge is 2.13. The molecule has 0 radical (unpaired) electrons. The van der Waals surface area contributed by atoms with E-state index in [1.807, 2.05) is 25.1 Å². The topological polar surface area (TPSA) is 38.3 Å². The molecular weight excluding hydrogens is 317 g/mol. The zero-order valence-corrected chi connectivity index (χ0v) is 14.1. The summed E-state index contributed by atoms with van der Waals surface area (Å²) in [5, 5.41) is 3.02. The number of nitrogens with one attached hydrogen (secondary N) is 1. The molecule has 1 N–H and O–H groups in total. The standard InChI is InChI=1S/C18H19ClFNO2/c1-11(2)14-6-4-5-12(3)18(14)21-17(22)10-23-16-8-7-13(20)9-15(16)19/h4-9,11H,10H2,1-3H3,(H,21,22). The summed E-state index contributed by atoms with van der Waals surface area (Å²) >= 11 is 5.87. The van der Waals surface area contributed by atoms with Gasteiger partial charge in [0.1, 0.15) is 11.6 Å². The second kappa shape index (κ2) is 7.47. The van der Waals surface area contributed by atoms with Gasteiger partial charge >= 0.3 is 0 Å². The lowest BCUT2D eigenvalue weighted by molar-refractivity contribution is -0.118. The normalized spacial score (nSPS) is 10.7. The molecule has 23 heavy (non-hydrogen) atoms. The summed E-state index contributed by atoms with van der Waals surface area (Å²) < 4.78 is 18.3. The summed E-state index contributed by atoms with van der Waals surface area (Å²) in [6.45, 7) is 5.88. The highest BCUT2D eigenvalue weighted by Crippen LogP contribution is 2.28. The molecule has 1 amide bonds. The summed E-state index contributed by atoms with van der Waals surface area (Å²) in [4.78, 5) is 12.1.